The van der Waals surface area contributed by atoms with E-state index in [1.54, 1.807) is 7.11 Å². The van der Waals surface area contributed by atoms with Gasteiger partial charge in [0.15, 0.2) is 0 Å². The maximum absolute atomic E-state index is 10.5. The van der Waals surface area contributed by atoms with Crippen LogP contribution in [0.4, 0.5) is 0 Å². The number of ether oxygens (including phenoxy) is 1. The summed E-state index contributed by atoms with van der Waals surface area (Å²) in [6.45, 7) is 3.62. The van der Waals surface area contributed by atoms with Crippen molar-refractivity contribution < 1.29 is 9.53 Å². The van der Waals surface area contributed by atoms with Crippen LogP contribution in [0, 0.1) is 0 Å². The lowest BCUT2D eigenvalue weighted by Gasteiger charge is -2.13. The van der Waals surface area contributed by atoms with Gasteiger partial charge in [0.1, 0.15) is 6.29 Å². The summed E-state index contributed by atoms with van der Waals surface area (Å²) in [7, 11) is 1.69. The van der Waals surface area contributed by atoms with Gasteiger partial charge in [-0.25, -0.2) is 0 Å². The van der Waals surface area contributed by atoms with Crippen molar-refractivity contribution in [1.82, 2.24) is 5.32 Å². The summed E-state index contributed by atoms with van der Waals surface area (Å²) in [6, 6.07) is 7.87. The second kappa shape index (κ2) is 6.32. The van der Waals surface area contributed by atoms with Gasteiger partial charge in [-0.05, 0) is 12.5 Å². The van der Waals surface area contributed by atoms with Gasteiger partial charge in [-0.1, -0.05) is 24.3 Å². The van der Waals surface area contributed by atoms with E-state index in [0.717, 1.165) is 12.8 Å². The lowest BCUT2D eigenvalue weighted by Crippen LogP contribution is -2.22. The highest BCUT2D eigenvalue weighted by Gasteiger charge is 2.03. The highest BCUT2D eigenvalue weighted by molar-refractivity contribution is 5.74. The van der Waals surface area contributed by atoms with E-state index < -0.39 is 0 Å². The molecule has 1 aromatic carbocycles. The Morgan fingerprint density at radius 1 is 1.40 bits per heavy atom. The average molecular weight is 207 g/mol. The summed E-state index contributed by atoms with van der Waals surface area (Å²) in [5.74, 6) is 0. The van der Waals surface area contributed by atoms with Gasteiger partial charge in [0.2, 0.25) is 0 Å². The van der Waals surface area contributed by atoms with E-state index in [1.165, 1.54) is 5.56 Å². The minimum atomic E-state index is 0.279. The van der Waals surface area contributed by atoms with Crippen molar-refractivity contribution in [2.45, 2.75) is 13.0 Å². The summed E-state index contributed by atoms with van der Waals surface area (Å²) in [6.07, 6.45) is 0.854. The van der Waals surface area contributed by atoms with Crippen LogP contribution in [0.1, 0.15) is 28.9 Å². The second-order valence-electron chi connectivity index (χ2n) is 3.45. The van der Waals surface area contributed by atoms with E-state index in [9.17, 15) is 4.79 Å². The van der Waals surface area contributed by atoms with E-state index in [0.29, 0.717) is 12.2 Å². The first-order chi connectivity index (χ1) is 7.27. The van der Waals surface area contributed by atoms with E-state index in [-0.39, 0.29) is 6.04 Å². The van der Waals surface area contributed by atoms with Crippen LogP contribution in [-0.4, -0.2) is 26.5 Å². The van der Waals surface area contributed by atoms with E-state index in [4.69, 9.17) is 4.74 Å². The summed E-state index contributed by atoms with van der Waals surface area (Å²) < 4.78 is 4.96. The SMILES string of the molecule is COCCNC(C)c1ccc(C=O)cc1. The third-order valence-electron chi connectivity index (χ3n) is 2.33. The second-order valence-corrected chi connectivity index (χ2v) is 3.45. The van der Waals surface area contributed by atoms with Crippen molar-refractivity contribution in [2.24, 2.45) is 0 Å². The molecule has 3 heteroatoms. The van der Waals surface area contributed by atoms with Gasteiger partial charge in [0.25, 0.3) is 0 Å². The molecule has 0 saturated heterocycles. The van der Waals surface area contributed by atoms with Crippen LogP contribution in [0.25, 0.3) is 0 Å². The fraction of sp³-hybridized carbons (Fsp3) is 0.417. The summed E-state index contributed by atoms with van der Waals surface area (Å²) >= 11 is 0. The molecule has 1 N–H and O–H groups in total. The number of benzene rings is 1. The molecule has 3 nitrogen and oxygen atoms in total. The standard InChI is InChI=1S/C12H17NO2/c1-10(13-7-8-15-2)12-5-3-11(9-14)4-6-12/h3-6,9-10,13H,7-8H2,1-2H3. The largest absolute Gasteiger partial charge is 0.383 e. The maximum Gasteiger partial charge on any atom is 0.150 e. The summed E-state index contributed by atoms with van der Waals surface area (Å²) in [5, 5.41) is 3.32. The Morgan fingerprint density at radius 2 is 2.07 bits per heavy atom. The molecule has 0 radical (unpaired) electrons. The number of carbonyl (C=O) groups is 1. The summed E-state index contributed by atoms with van der Waals surface area (Å²) in [4.78, 5) is 10.5. The molecule has 15 heavy (non-hydrogen) atoms. The lowest BCUT2D eigenvalue weighted by atomic mass is 10.1. The molecule has 1 unspecified atom stereocenters. The van der Waals surface area contributed by atoms with Gasteiger partial charge in [0, 0.05) is 25.3 Å². The number of methoxy groups -OCH3 is 1. The molecule has 82 valence electrons. The van der Waals surface area contributed by atoms with Crippen molar-refractivity contribution in [3.8, 4) is 0 Å². The minimum absolute atomic E-state index is 0.279. The molecule has 0 fully saturated rings. The number of hydrogen-bond acceptors (Lipinski definition) is 3. The smallest absolute Gasteiger partial charge is 0.150 e. The van der Waals surface area contributed by atoms with Crippen molar-refractivity contribution in [2.75, 3.05) is 20.3 Å². The van der Waals surface area contributed by atoms with Gasteiger partial charge in [-0.2, -0.15) is 0 Å². The zero-order valence-electron chi connectivity index (χ0n) is 9.19. The third kappa shape index (κ3) is 3.81. The average Bonchev–Trinajstić information content (AvgIpc) is 2.29. The van der Waals surface area contributed by atoms with Crippen molar-refractivity contribution in [3.63, 3.8) is 0 Å². The number of nitrogens with one attached hydrogen (secondary N) is 1. The van der Waals surface area contributed by atoms with E-state index in [1.807, 2.05) is 24.3 Å². The Kier molecular flexibility index (Phi) is 5.01. The zero-order valence-corrected chi connectivity index (χ0v) is 9.19. The molecule has 0 aromatic heterocycles. The Balaban J connectivity index is 2.50. The van der Waals surface area contributed by atoms with Gasteiger partial charge < -0.3 is 10.1 Å². The van der Waals surface area contributed by atoms with Crippen molar-refractivity contribution in [1.29, 1.82) is 0 Å². The van der Waals surface area contributed by atoms with Crippen LogP contribution in [0.2, 0.25) is 0 Å². The van der Waals surface area contributed by atoms with Crippen molar-refractivity contribution in [3.05, 3.63) is 35.4 Å². The molecule has 0 heterocycles. The Labute approximate surface area is 90.4 Å². The van der Waals surface area contributed by atoms with Crippen LogP contribution in [0.3, 0.4) is 0 Å². The molecule has 0 saturated carbocycles. The number of aldehydes is 1. The fourth-order valence-corrected chi connectivity index (χ4v) is 1.36. The highest BCUT2D eigenvalue weighted by Crippen LogP contribution is 2.12. The first-order valence-electron chi connectivity index (χ1n) is 5.05. The van der Waals surface area contributed by atoms with Crippen LogP contribution in [0.15, 0.2) is 24.3 Å². The van der Waals surface area contributed by atoms with E-state index >= 15 is 0 Å². The predicted molar refractivity (Wildman–Crippen MR) is 60.1 cm³/mol. The molecule has 0 bridgehead atoms. The molecule has 1 aromatic rings. The number of carbonyl (C=O) groups excluding carboxylic acids is 1. The van der Waals surface area contributed by atoms with Gasteiger partial charge in [0.05, 0.1) is 6.61 Å². The van der Waals surface area contributed by atoms with Gasteiger partial charge >= 0.3 is 0 Å². The van der Waals surface area contributed by atoms with Gasteiger partial charge in [-0.15, -0.1) is 0 Å². The quantitative estimate of drug-likeness (QED) is 0.571. The lowest BCUT2D eigenvalue weighted by molar-refractivity contribution is 0.112. The van der Waals surface area contributed by atoms with Crippen LogP contribution < -0.4 is 5.32 Å². The Hall–Kier alpha value is -1.19. The normalized spacial score (nSPS) is 12.4. The van der Waals surface area contributed by atoms with Crippen LogP contribution in [-0.2, 0) is 4.74 Å². The first kappa shape index (κ1) is 11.9. The molecule has 0 spiro atoms. The van der Waals surface area contributed by atoms with Crippen molar-refractivity contribution >= 4 is 6.29 Å². The minimum Gasteiger partial charge on any atom is -0.383 e. The topological polar surface area (TPSA) is 38.3 Å². The molecule has 1 rings (SSSR count). The maximum atomic E-state index is 10.5. The number of hydrogen-bond donors (Lipinski definition) is 1. The molecule has 0 aliphatic carbocycles. The number of rotatable bonds is 6. The molecule has 0 aliphatic heterocycles. The zero-order chi connectivity index (χ0) is 11.1. The van der Waals surface area contributed by atoms with Gasteiger partial charge in [-0.3, -0.25) is 4.79 Å². The predicted octanol–water partition coefficient (Wildman–Crippen LogP) is 1.80. The molecular weight excluding hydrogens is 190 g/mol. The van der Waals surface area contributed by atoms with E-state index in [2.05, 4.69) is 12.2 Å². The molecule has 1 atom stereocenters. The van der Waals surface area contributed by atoms with Crippen LogP contribution in [0.5, 0.6) is 0 Å². The molecule has 0 amide bonds. The monoisotopic (exact) mass is 207 g/mol. The fourth-order valence-electron chi connectivity index (χ4n) is 1.36. The third-order valence-corrected chi connectivity index (χ3v) is 2.33. The molecule has 0 aliphatic rings. The molecular formula is C12H17NO2. The summed E-state index contributed by atoms with van der Waals surface area (Å²) in [5.41, 5.74) is 1.89. The first-order valence-corrected chi connectivity index (χ1v) is 5.05. The highest BCUT2D eigenvalue weighted by atomic mass is 16.5. The Morgan fingerprint density at radius 3 is 2.60 bits per heavy atom. The van der Waals surface area contributed by atoms with Crippen LogP contribution >= 0.6 is 0 Å². The Bertz CT molecular complexity index is 295.